The molecule has 0 aromatic heterocycles. The van der Waals surface area contributed by atoms with Crippen LogP contribution in [0.15, 0.2) is 0 Å². The molecule has 10 heteroatoms. The van der Waals surface area contributed by atoms with Crippen LogP contribution < -0.4 is 0 Å². The predicted molar refractivity (Wildman–Crippen MR) is 40.5 cm³/mol. The summed E-state index contributed by atoms with van der Waals surface area (Å²) in [5.41, 5.74) is 0. The van der Waals surface area contributed by atoms with Crippen molar-refractivity contribution in [3.05, 3.63) is 0 Å². The highest BCUT2D eigenvalue weighted by Crippen LogP contribution is 2.39. The molecule has 0 aliphatic heterocycles. The van der Waals surface area contributed by atoms with Crippen molar-refractivity contribution in [1.82, 2.24) is 4.90 Å². The van der Waals surface area contributed by atoms with Crippen LogP contribution in [0.5, 0.6) is 0 Å². The van der Waals surface area contributed by atoms with E-state index >= 15 is 0 Å². The Balaban J connectivity index is 4.94. The van der Waals surface area contributed by atoms with Gasteiger partial charge in [-0.3, -0.25) is 0 Å². The molecule has 0 radical (unpaired) electrons. The van der Waals surface area contributed by atoms with E-state index in [1.165, 1.54) is 0 Å². The summed E-state index contributed by atoms with van der Waals surface area (Å²) in [5.74, 6) is 0. The lowest BCUT2D eigenvalue weighted by Crippen LogP contribution is -2.53. The Bertz CT molecular complexity index is 173. The summed E-state index contributed by atoms with van der Waals surface area (Å²) in [6.45, 7) is 0. The van der Waals surface area contributed by atoms with E-state index in [0.29, 0.717) is 0 Å². The fourth-order valence-electron chi connectivity index (χ4n) is 0.536. The third-order valence-electron chi connectivity index (χ3n) is 1.00. The van der Waals surface area contributed by atoms with Crippen molar-refractivity contribution < 1.29 is 30.7 Å². The van der Waals surface area contributed by atoms with Gasteiger partial charge in [0.1, 0.15) is 4.95 Å². The third-order valence-corrected chi connectivity index (χ3v) is 3.08. The lowest BCUT2D eigenvalue weighted by atomic mass is 10.6. The standard InChI is InChI=1S/C4H2Br2F7N/c5-1(7)2(6)14(3(8,9)10)4(11,12)13/h1-2H/t1-,2+/m0/s1. The van der Waals surface area contributed by atoms with E-state index in [1.54, 1.807) is 0 Å². The molecular weight excluding hydrogens is 355 g/mol. The molecule has 0 rings (SSSR count). The van der Waals surface area contributed by atoms with Crippen LogP contribution in [0, 0.1) is 0 Å². The Labute approximate surface area is 90.5 Å². The molecule has 0 aromatic rings. The molecular formula is C4H2Br2F7N. The van der Waals surface area contributed by atoms with Gasteiger partial charge >= 0.3 is 12.6 Å². The number of halogens is 9. The highest BCUT2D eigenvalue weighted by Gasteiger charge is 2.58. The second kappa shape index (κ2) is 4.52. The SMILES string of the molecule is F[C@H](Br)[C@H](Br)N(C(F)(F)F)C(F)(F)F. The first-order valence-corrected chi connectivity index (χ1v) is 4.66. The van der Waals surface area contributed by atoms with Gasteiger partial charge in [-0.15, -0.1) is 4.90 Å². The van der Waals surface area contributed by atoms with Crippen LogP contribution in [-0.2, 0) is 0 Å². The summed E-state index contributed by atoms with van der Waals surface area (Å²) in [4.78, 5) is -4.46. The number of nitrogens with zero attached hydrogens (tertiary/aromatic N) is 1. The van der Waals surface area contributed by atoms with E-state index in [2.05, 4.69) is 0 Å². The molecule has 0 aromatic carbocycles. The fourth-order valence-corrected chi connectivity index (χ4v) is 1.24. The molecule has 0 unspecified atom stereocenters. The molecule has 14 heavy (non-hydrogen) atoms. The molecule has 0 spiro atoms. The number of hydrogen-bond acceptors (Lipinski definition) is 1. The van der Waals surface area contributed by atoms with Crippen molar-refractivity contribution in [3.8, 4) is 0 Å². The summed E-state index contributed by atoms with van der Waals surface area (Å²) in [6.07, 6.45) is -11.4. The monoisotopic (exact) mass is 355 g/mol. The van der Waals surface area contributed by atoms with Crippen LogP contribution in [0.4, 0.5) is 30.7 Å². The first kappa shape index (κ1) is 14.4. The van der Waals surface area contributed by atoms with E-state index in [4.69, 9.17) is 0 Å². The van der Waals surface area contributed by atoms with E-state index < -0.39 is 27.5 Å². The topological polar surface area (TPSA) is 3.24 Å². The molecule has 0 aliphatic rings. The lowest BCUT2D eigenvalue weighted by Gasteiger charge is -2.30. The normalized spacial score (nSPS) is 18.4. The molecule has 0 bridgehead atoms. The van der Waals surface area contributed by atoms with Crippen LogP contribution in [0.25, 0.3) is 0 Å². The molecule has 0 N–H and O–H groups in total. The van der Waals surface area contributed by atoms with Crippen molar-refractivity contribution in [1.29, 1.82) is 0 Å². The van der Waals surface area contributed by atoms with Gasteiger partial charge in [0.15, 0.2) is 5.08 Å². The average Bonchev–Trinajstić information content (AvgIpc) is 1.79. The summed E-state index contributed by atoms with van der Waals surface area (Å²) < 4.78 is 83.1. The quantitative estimate of drug-likeness (QED) is 0.414. The Morgan fingerprint density at radius 2 is 1.14 bits per heavy atom. The van der Waals surface area contributed by atoms with E-state index in [0.717, 1.165) is 0 Å². The Hall–Kier alpha value is 0.430. The van der Waals surface area contributed by atoms with Gasteiger partial charge in [-0.2, -0.15) is 26.3 Å². The maximum absolute atomic E-state index is 12.2. The van der Waals surface area contributed by atoms with Gasteiger partial charge in [0.05, 0.1) is 0 Å². The largest absolute Gasteiger partial charge is 0.468 e. The molecule has 0 amide bonds. The van der Waals surface area contributed by atoms with Crippen molar-refractivity contribution >= 4 is 31.9 Å². The van der Waals surface area contributed by atoms with E-state index in [-0.39, 0.29) is 0 Å². The smallest absolute Gasteiger partial charge is 0.232 e. The fraction of sp³-hybridized carbons (Fsp3) is 1.00. The Kier molecular flexibility index (Phi) is 4.66. The van der Waals surface area contributed by atoms with Crippen LogP contribution in [0.2, 0.25) is 0 Å². The van der Waals surface area contributed by atoms with Crippen LogP contribution in [0.1, 0.15) is 0 Å². The minimum Gasteiger partial charge on any atom is -0.232 e. The second-order valence-corrected chi connectivity index (χ2v) is 3.83. The summed E-state index contributed by atoms with van der Waals surface area (Å²) in [5, 5.41) is -2.51. The van der Waals surface area contributed by atoms with Gasteiger partial charge in [0, 0.05) is 0 Å². The summed E-state index contributed by atoms with van der Waals surface area (Å²) >= 11 is 3.91. The maximum Gasteiger partial charge on any atom is 0.468 e. The van der Waals surface area contributed by atoms with Gasteiger partial charge in [-0.05, 0) is 15.9 Å². The predicted octanol–water partition coefficient (Wildman–Crippen LogP) is 3.74. The van der Waals surface area contributed by atoms with Gasteiger partial charge < -0.3 is 0 Å². The highest BCUT2D eigenvalue weighted by atomic mass is 79.9. The zero-order valence-corrected chi connectivity index (χ0v) is 9.18. The second-order valence-electron chi connectivity index (χ2n) is 2.01. The van der Waals surface area contributed by atoms with Crippen molar-refractivity contribution in [3.63, 3.8) is 0 Å². The van der Waals surface area contributed by atoms with Crippen LogP contribution in [0.3, 0.4) is 0 Å². The van der Waals surface area contributed by atoms with Crippen LogP contribution >= 0.6 is 31.9 Å². The summed E-state index contributed by atoms with van der Waals surface area (Å²) in [7, 11) is 0. The van der Waals surface area contributed by atoms with Crippen molar-refractivity contribution in [2.75, 3.05) is 0 Å². The van der Waals surface area contributed by atoms with Crippen molar-refractivity contribution in [2.45, 2.75) is 22.6 Å². The first-order valence-electron chi connectivity index (χ1n) is 2.83. The van der Waals surface area contributed by atoms with E-state index in [9.17, 15) is 30.7 Å². The molecule has 0 saturated heterocycles. The number of alkyl halides is 9. The minimum atomic E-state index is -5.70. The Morgan fingerprint density at radius 1 is 0.857 bits per heavy atom. The molecule has 0 heterocycles. The average molecular weight is 357 g/mol. The molecule has 86 valence electrons. The zero-order valence-electron chi connectivity index (χ0n) is 6.00. The molecule has 0 fully saturated rings. The molecule has 2 atom stereocenters. The van der Waals surface area contributed by atoms with Crippen molar-refractivity contribution in [2.24, 2.45) is 0 Å². The van der Waals surface area contributed by atoms with E-state index in [1.807, 2.05) is 31.9 Å². The van der Waals surface area contributed by atoms with Gasteiger partial charge in [0.2, 0.25) is 0 Å². The zero-order chi connectivity index (χ0) is 11.7. The highest BCUT2D eigenvalue weighted by molar-refractivity contribution is 9.12. The number of hydrogen-bond donors (Lipinski definition) is 0. The van der Waals surface area contributed by atoms with Crippen LogP contribution in [-0.4, -0.2) is 27.5 Å². The molecule has 0 aliphatic carbocycles. The maximum atomic E-state index is 12.2. The third kappa shape index (κ3) is 3.89. The van der Waals surface area contributed by atoms with Gasteiger partial charge in [0.25, 0.3) is 0 Å². The minimum absolute atomic E-state index is 1.89. The number of rotatable bonds is 2. The summed E-state index contributed by atoms with van der Waals surface area (Å²) in [6, 6.07) is 0. The first-order chi connectivity index (χ1) is 5.98. The van der Waals surface area contributed by atoms with Gasteiger partial charge in [-0.1, -0.05) is 15.9 Å². The lowest BCUT2D eigenvalue weighted by molar-refractivity contribution is -0.377. The molecule has 0 saturated carbocycles. The Morgan fingerprint density at radius 3 is 1.21 bits per heavy atom. The molecule has 1 nitrogen and oxygen atoms in total. The van der Waals surface area contributed by atoms with Gasteiger partial charge in [-0.25, -0.2) is 4.39 Å².